The Bertz CT molecular complexity index is 570. The number of rotatable bonds is 4. The Labute approximate surface area is 109 Å². The molecule has 0 amide bonds. The van der Waals surface area contributed by atoms with Crippen LogP contribution < -0.4 is 4.74 Å². The molecule has 2 aromatic rings. The highest BCUT2D eigenvalue weighted by Crippen LogP contribution is 2.20. The van der Waals surface area contributed by atoms with E-state index in [-0.39, 0.29) is 11.8 Å². The van der Waals surface area contributed by atoms with E-state index in [0.29, 0.717) is 6.42 Å². The molecule has 0 unspecified atom stereocenters. The number of ether oxygens (including phenoxy) is 1. The summed E-state index contributed by atoms with van der Waals surface area (Å²) in [6, 6.07) is 2.88. The summed E-state index contributed by atoms with van der Waals surface area (Å²) in [5.74, 6) is -1.43. The molecule has 0 bridgehead atoms. The smallest absolute Gasteiger partial charge is 0.341 e. The lowest BCUT2D eigenvalue weighted by Crippen LogP contribution is -2.04. The van der Waals surface area contributed by atoms with Crippen molar-refractivity contribution in [3.8, 4) is 11.8 Å². The van der Waals surface area contributed by atoms with Crippen LogP contribution in [-0.4, -0.2) is 15.2 Å². The molecular weight excluding hydrogens is 252 g/mol. The van der Waals surface area contributed by atoms with Gasteiger partial charge in [0.15, 0.2) is 0 Å². The molecule has 4 nitrogen and oxygen atoms in total. The topological polar surface area (TPSA) is 47.9 Å². The third-order valence-electron chi connectivity index (χ3n) is 2.53. The van der Waals surface area contributed by atoms with Crippen molar-refractivity contribution >= 4 is 0 Å². The molecule has 0 saturated heterocycles. The zero-order valence-corrected chi connectivity index (χ0v) is 10.7. The number of benzene rings is 1. The van der Waals surface area contributed by atoms with E-state index in [1.165, 1.54) is 0 Å². The van der Waals surface area contributed by atoms with Gasteiger partial charge in [-0.1, -0.05) is 18.9 Å². The summed E-state index contributed by atoms with van der Waals surface area (Å²) in [7, 11) is 0. The van der Waals surface area contributed by atoms with E-state index < -0.39 is 11.6 Å². The van der Waals surface area contributed by atoms with Crippen molar-refractivity contribution < 1.29 is 13.5 Å². The zero-order valence-electron chi connectivity index (χ0n) is 10.7. The van der Waals surface area contributed by atoms with Gasteiger partial charge < -0.3 is 4.74 Å². The second-order valence-electron chi connectivity index (χ2n) is 3.90. The summed E-state index contributed by atoms with van der Waals surface area (Å²) in [5, 5.41) is 7.77. The van der Waals surface area contributed by atoms with Gasteiger partial charge in [-0.15, -0.1) is 5.10 Å². The Hall–Kier alpha value is -2.11. The van der Waals surface area contributed by atoms with Crippen LogP contribution in [0, 0.1) is 11.6 Å². The van der Waals surface area contributed by atoms with Gasteiger partial charge in [-0.25, -0.2) is 8.78 Å². The number of halogens is 2. The summed E-state index contributed by atoms with van der Waals surface area (Å²) in [4.78, 5) is 4.18. The maximum atomic E-state index is 13.0. The van der Waals surface area contributed by atoms with Crippen molar-refractivity contribution in [3.05, 3.63) is 41.2 Å². The van der Waals surface area contributed by atoms with E-state index >= 15 is 0 Å². The quantitative estimate of drug-likeness (QED) is 0.852. The monoisotopic (exact) mass is 265 g/mol. The second-order valence-corrected chi connectivity index (χ2v) is 3.90. The SMILES string of the molecule is CCc1nnc(Oc2cc(F)cc(F)c2)nc1CC. The Kier molecular flexibility index (Phi) is 3.99. The van der Waals surface area contributed by atoms with Crippen molar-refractivity contribution in [1.82, 2.24) is 15.2 Å². The van der Waals surface area contributed by atoms with Crippen molar-refractivity contribution in [1.29, 1.82) is 0 Å². The van der Waals surface area contributed by atoms with Gasteiger partial charge in [-0.05, 0) is 12.8 Å². The van der Waals surface area contributed by atoms with Crippen LogP contribution in [-0.2, 0) is 12.8 Å². The van der Waals surface area contributed by atoms with Gasteiger partial charge >= 0.3 is 6.01 Å². The Morgan fingerprint density at radius 1 is 0.947 bits per heavy atom. The first-order valence-corrected chi connectivity index (χ1v) is 5.98. The van der Waals surface area contributed by atoms with Gasteiger partial charge in [0.05, 0.1) is 11.4 Å². The molecule has 1 heterocycles. The molecule has 1 aromatic carbocycles. The van der Waals surface area contributed by atoms with Crippen LogP contribution in [0.3, 0.4) is 0 Å². The maximum absolute atomic E-state index is 13.0. The molecule has 0 saturated carbocycles. The predicted molar refractivity (Wildman–Crippen MR) is 65.0 cm³/mol. The van der Waals surface area contributed by atoms with Gasteiger partial charge in [0.2, 0.25) is 0 Å². The molecular formula is C13H13F2N3O. The molecule has 2 rings (SSSR count). The highest BCUT2D eigenvalue weighted by atomic mass is 19.1. The van der Waals surface area contributed by atoms with Crippen LogP contribution in [0.4, 0.5) is 8.78 Å². The number of nitrogens with zero attached hydrogens (tertiary/aromatic N) is 3. The molecule has 1 aromatic heterocycles. The third-order valence-corrected chi connectivity index (χ3v) is 2.53. The predicted octanol–water partition coefficient (Wildman–Crippen LogP) is 3.07. The van der Waals surface area contributed by atoms with Crippen LogP contribution in [0.5, 0.6) is 11.8 Å². The fourth-order valence-electron chi connectivity index (χ4n) is 1.66. The number of aryl methyl sites for hydroxylation is 2. The molecule has 19 heavy (non-hydrogen) atoms. The fourth-order valence-corrected chi connectivity index (χ4v) is 1.66. The molecule has 0 fully saturated rings. The van der Waals surface area contributed by atoms with Crippen molar-refractivity contribution in [3.63, 3.8) is 0 Å². The molecule has 0 N–H and O–H groups in total. The highest BCUT2D eigenvalue weighted by Gasteiger charge is 2.09. The summed E-state index contributed by atoms with van der Waals surface area (Å²) in [6.07, 6.45) is 1.41. The maximum Gasteiger partial charge on any atom is 0.341 e. The van der Waals surface area contributed by atoms with Crippen LogP contribution in [0.15, 0.2) is 18.2 Å². The van der Waals surface area contributed by atoms with E-state index in [9.17, 15) is 8.78 Å². The van der Waals surface area contributed by atoms with E-state index in [0.717, 1.165) is 36.0 Å². The summed E-state index contributed by atoms with van der Waals surface area (Å²) in [6.45, 7) is 3.89. The van der Waals surface area contributed by atoms with Gasteiger partial charge in [-0.2, -0.15) is 4.98 Å². The number of hydrogen-bond acceptors (Lipinski definition) is 4. The third kappa shape index (κ3) is 3.21. The van der Waals surface area contributed by atoms with Crippen molar-refractivity contribution in [2.75, 3.05) is 0 Å². The lowest BCUT2D eigenvalue weighted by molar-refractivity contribution is 0.420. The molecule has 0 atom stereocenters. The minimum Gasteiger partial charge on any atom is -0.423 e. The summed E-state index contributed by atoms with van der Waals surface area (Å²) in [5.41, 5.74) is 1.56. The van der Waals surface area contributed by atoms with E-state index in [1.54, 1.807) is 0 Å². The van der Waals surface area contributed by atoms with Gasteiger partial charge in [0.1, 0.15) is 17.4 Å². The van der Waals surface area contributed by atoms with Gasteiger partial charge in [0, 0.05) is 18.2 Å². The molecule has 100 valence electrons. The average Bonchev–Trinajstić information content (AvgIpc) is 2.37. The standard InChI is InChI=1S/C13H13F2N3O/c1-3-11-12(4-2)17-18-13(16-11)19-10-6-8(14)5-9(15)7-10/h5-7H,3-4H2,1-2H3. The second kappa shape index (κ2) is 5.69. The van der Waals surface area contributed by atoms with Gasteiger partial charge in [0.25, 0.3) is 0 Å². The first-order chi connectivity index (χ1) is 9.12. The largest absolute Gasteiger partial charge is 0.423 e. The first kappa shape index (κ1) is 13.3. The van der Waals surface area contributed by atoms with E-state index in [2.05, 4.69) is 15.2 Å². The lowest BCUT2D eigenvalue weighted by atomic mass is 10.2. The van der Waals surface area contributed by atoms with Gasteiger partial charge in [-0.3, -0.25) is 0 Å². The fraction of sp³-hybridized carbons (Fsp3) is 0.308. The minimum atomic E-state index is -0.719. The van der Waals surface area contributed by atoms with Crippen molar-refractivity contribution in [2.24, 2.45) is 0 Å². The Morgan fingerprint density at radius 3 is 2.16 bits per heavy atom. The number of aromatic nitrogens is 3. The summed E-state index contributed by atoms with van der Waals surface area (Å²) < 4.78 is 31.3. The van der Waals surface area contributed by atoms with Crippen LogP contribution in [0.2, 0.25) is 0 Å². The molecule has 0 aliphatic carbocycles. The number of hydrogen-bond donors (Lipinski definition) is 0. The Balaban J connectivity index is 2.28. The zero-order chi connectivity index (χ0) is 13.8. The molecule has 0 aliphatic heterocycles. The van der Waals surface area contributed by atoms with E-state index in [4.69, 9.17) is 4.74 Å². The van der Waals surface area contributed by atoms with Crippen LogP contribution in [0.25, 0.3) is 0 Å². The lowest BCUT2D eigenvalue weighted by Gasteiger charge is -2.07. The first-order valence-electron chi connectivity index (χ1n) is 5.98. The minimum absolute atomic E-state index is 0.00519. The summed E-state index contributed by atoms with van der Waals surface area (Å²) >= 11 is 0. The highest BCUT2D eigenvalue weighted by molar-refractivity contribution is 5.26. The normalized spacial score (nSPS) is 10.5. The van der Waals surface area contributed by atoms with Crippen LogP contribution >= 0.6 is 0 Å². The Morgan fingerprint density at radius 2 is 1.58 bits per heavy atom. The molecule has 0 radical (unpaired) electrons. The van der Waals surface area contributed by atoms with Crippen molar-refractivity contribution in [2.45, 2.75) is 26.7 Å². The molecule has 0 aliphatic rings. The molecule has 6 heteroatoms. The molecule has 0 spiro atoms. The van der Waals surface area contributed by atoms with Crippen LogP contribution in [0.1, 0.15) is 25.2 Å². The average molecular weight is 265 g/mol. The van der Waals surface area contributed by atoms with E-state index in [1.807, 2.05) is 13.8 Å².